The molecule has 13 heteroatoms. The fourth-order valence-electron chi connectivity index (χ4n) is 4.36. The van der Waals surface area contributed by atoms with Crippen LogP contribution in [0.3, 0.4) is 0 Å². The second-order valence-corrected chi connectivity index (χ2v) is 10.0. The van der Waals surface area contributed by atoms with Gasteiger partial charge in [-0.1, -0.05) is 0 Å². The number of benzene rings is 2. The molecule has 0 spiro atoms. The Hall–Kier alpha value is -3.97. The second-order valence-electron chi connectivity index (χ2n) is 10.0. The Morgan fingerprint density at radius 3 is 2.49 bits per heavy atom. The molecule has 0 saturated heterocycles. The molecular formula is C28H26F5N3O5. The monoisotopic (exact) mass is 579 g/mol. The lowest BCUT2D eigenvalue weighted by molar-refractivity contribution is -0.191. The molecule has 0 radical (unpaired) electrons. The van der Waals surface area contributed by atoms with Crippen LogP contribution < -0.4 is 25.3 Å². The fraction of sp³-hybridized carbons (Fsp3) is 0.357. The van der Waals surface area contributed by atoms with Gasteiger partial charge in [0.25, 0.3) is 5.91 Å². The second kappa shape index (κ2) is 10.5. The third-order valence-corrected chi connectivity index (χ3v) is 7.00. The summed E-state index contributed by atoms with van der Waals surface area (Å²) >= 11 is 0. The van der Waals surface area contributed by atoms with Crippen molar-refractivity contribution in [2.75, 3.05) is 26.9 Å². The maximum Gasteiger partial charge on any atom is 0.414 e. The highest BCUT2D eigenvalue weighted by molar-refractivity contribution is 5.95. The highest BCUT2D eigenvalue weighted by Gasteiger charge is 2.59. The van der Waals surface area contributed by atoms with Crippen molar-refractivity contribution in [1.29, 1.82) is 0 Å². The van der Waals surface area contributed by atoms with Gasteiger partial charge in [0.15, 0.2) is 28.4 Å². The van der Waals surface area contributed by atoms with Gasteiger partial charge in [0.05, 0.1) is 25.5 Å². The van der Waals surface area contributed by atoms with E-state index < -0.39 is 60.1 Å². The lowest BCUT2D eigenvalue weighted by atomic mass is 9.88. The summed E-state index contributed by atoms with van der Waals surface area (Å²) in [6.07, 6.45) is -3.08. The predicted molar refractivity (Wildman–Crippen MR) is 136 cm³/mol. The molecule has 2 heterocycles. The number of alkyl halides is 4. The van der Waals surface area contributed by atoms with Crippen LogP contribution in [0.1, 0.15) is 34.5 Å². The molecule has 1 aliphatic carbocycles. The number of ether oxygens (including phenoxy) is 3. The molecule has 1 saturated carbocycles. The largest absolute Gasteiger partial charge is 0.493 e. The molecule has 4 N–H and O–H groups in total. The first kappa shape index (κ1) is 28.6. The zero-order chi connectivity index (χ0) is 29.6. The molecule has 5 rings (SSSR count). The molecule has 218 valence electrons. The van der Waals surface area contributed by atoms with Gasteiger partial charge >= 0.3 is 6.18 Å². The van der Waals surface area contributed by atoms with Crippen molar-refractivity contribution in [1.82, 2.24) is 10.3 Å². The van der Waals surface area contributed by atoms with Crippen LogP contribution in [0.2, 0.25) is 0 Å². The summed E-state index contributed by atoms with van der Waals surface area (Å²) in [6, 6.07) is 9.83. The summed E-state index contributed by atoms with van der Waals surface area (Å²) in [7, 11) is 1.40. The van der Waals surface area contributed by atoms with Gasteiger partial charge < -0.3 is 30.4 Å². The minimum absolute atomic E-state index is 0.0813. The molecule has 1 aliphatic heterocycles. The van der Waals surface area contributed by atoms with Crippen molar-refractivity contribution in [3.8, 4) is 28.5 Å². The summed E-state index contributed by atoms with van der Waals surface area (Å²) in [4.78, 5) is 17.1. The molecule has 0 bridgehead atoms. The summed E-state index contributed by atoms with van der Waals surface area (Å²) in [5, 5.41) is 13.6. The number of aromatic nitrogens is 1. The summed E-state index contributed by atoms with van der Waals surface area (Å²) < 4.78 is 86.4. The molecule has 3 aromatic rings. The van der Waals surface area contributed by atoms with E-state index in [1.807, 2.05) is 0 Å². The van der Waals surface area contributed by atoms with Crippen LogP contribution in [0.25, 0.3) is 11.3 Å². The number of amides is 1. The molecule has 8 nitrogen and oxygen atoms in total. The van der Waals surface area contributed by atoms with E-state index in [2.05, 4.69) is 10.3 Å². The van der Waals surface area contributed by atoms with Crippen LogP contribution >= 0.6 is 0 Å². The third kappa shape index (κ3) is 5.38. The number of carbonyl (C=O) groups is 1. The molecule has 1 aromatic heterocycles. The average Bonchev–Trinajstić information content (AvgIpc) is 3.71. The van der Waals surface area contributed by atoms with E-state index in [1.165, 1.54) is 31.4 Å². The third-order valence-electron chi connectivity index (χ3n) is 7.00. The topological polar surface area (TPSA) is 116 Å². The number of halogens is 5. The van der Waals surface area contributed by atoms with E-state index >= 15 is 0 Å². The predicted octanol–water partition coefficient (Wildman–Crippen LogP) is 4.13. The molecule has 2 aliphatic rings. The maximum atomic E-state index is 14.4. The van der Waals surface area contributed by atoms with Crippen LogP contribution in [0.5, 0.6) is 17.2 Å². The summed E-state index contributed by atoms with van der Waals surface area (Å²) in [5.74, 6) is -0.927. The lowest BCUT2D eigenvalue weighted by Gasteiger charge is -2.29. The van der Waals surface area contributed by atoms with Crippen LogP contribution in [-0.4, -0.2) is 55.2 Å². The molecule has 2 atom stereocenters. The Labute approximate surface area is 231 Å². The zero-order valence-corrected chi connectivity index (χ0v) is 21.7. The Kier molecular flexibility index (Phi) is 7.28. The number of carbonyl (C=O) groups excluding carboxylic acids is 1. The van der Waals surface area contributed by atoms with Crippen molar-refractivity contribution < 1.29 is 46.1 Å². The molecule has 2 unspecified atom stereocenters. The number of pyridine rings is 1. The van der Waals surface area contributed by atoms with Crippen molar-refractivity contribution in [3.63, 3.8) is 0 Å². The van der Waals surface area contributed by atoms with Gasteiger partial charge in [0.2, 0.25) is 0 Å². The van der Waals surface area contributed by atoms with Crippen LogP contribution in [0.15, 0.2) is 48.5 Å². The van der Waals surface area contributed by atoms with Crippen LogP contribution in [0.4, 0.5) is 22.0 Å². The van der Waals surface area contributed by atoms with Gasteiger partial charge in [-0.2, -0.15) is 13.2 Å². The van der Waals surface area contributed by atoms with E-state index in [0.717, 1.165) is 31.0 Å². The number of nitrogens with zero attached hydrogens (tertiary/aromatic N) is 1. The van der Waals surface area contributed by atoms with E-state index in [0.29, 0.717) is 11.5 Å². The van der Waals surface area contributed by atoms with E-state index in [1.54, 1.807) is 6.07 Å². The van der Waals surface area contributed by atoms with Crippen molar-refractivity contribution >= 4 is 5.91 Å². The van der Waals surface area contributed by atoms with E-state index in [-0.39, 0.29) is 28.7 Å². The Bertz CT molecular complexity index is 1460. The first-order valence-corrected chi connectivity index (χ1v) is 12.6. The smallest absolute Gasteiger partial charge is 0.414 e. The number of hydrogen-bond acceptors (Lipinski definition) is 7. The lowest BCUT2D eigenvalue weighted by Crippen LogP contribution is -2.52. The number of hydrogen-bond donors (Lipinski definition) is 3. The zero-order valence-electron chi connectivity index (χ0n) is 21.7. The number of nitrogens with one attached hydrogen (secondary N) is 1. The Morgan fingerprint density at radius 2 is 1.88 bits per heavy atom. The van der Waals surface area contributed by atoms with Gasteiger partial charge in [-0.3, -0.25) is 4.79 Å². The SMILES string of the molecule is COc1cc(C(=O)NCC(O)(CF)c2cc3c(c(-c4ccc(F)cc4)n2)OCC3(N)C(F)(F)F)ccc1OC1CC1. The average molecular weight is 580 g/mol. The van der Waals surface area contributed by atoms with Crippen molar-refractivity contribution in [2.45, 2.75) is 36.3 Å². The Balaban J connectivity index is 1.48. The van der Waals surface area contributed by atoms with E-state index in [9.17, 15) is 31.9 Å². The van der Waals surface area contributed by atoms with E-state index in [4.69, 9.17) is 19.9 Å². The maximum absolute atomic E-state index is 14.4. The standard InChI is InChI=1S/C28H26F5N3O5/c1-39-21-10-16(4-9-20(21)41-18-7-8-18)25(37)35-13-26(38,12-29)22-11-19-24(40-14-27(19,34)28(31,32)33)23(36-22)15-2-5-17(30)6-3-15/h2-6,9-11,18,38H,7-8,12-14,34H2,1H3,(H,35,37). The summed E-state index contributed by atoms with van der Waals surface area (Å²) in [5.41, 5.74) is -0.888. The number of rotatable bonds is 9. The van der Waals surface area contributed by atoms with Crippen molar-refractivity contribution in [2.24, 2.45) is 5.73 Å². The van der Waals surface area contributed by atoms with Gasteiger partial charge in [0, 0.05) is 16.7 Å². The quantitative estimate of drug-likeness (QED) is 0.327. The number of fused-ring (bicyclic) bond motifs is 1. The van der Waals surface area contributed by atoms with Gasteiger partial charge in [-0.15, -0.1) is 0 Å². The Morgan fingerprint density at radius 1 is 1.17 bits per heavy atom. The van der Waals surface area contributed by atoms with Crippen LogP contribution in [0, 0.1) is 5.82 Å². The first-order valence-electron chi connectivity index (χ1n) is 12.6. The normalized spacial score (nSPS) is 19.6. The van der Waals surface area contributed by atoms with Gasteiger partial charge in [0.1, 0.15) is 24.8 Å². The fourth-order valence-corrected chi connectivity index (χ4v) is 4.36. The molecule has 1 fully saturated rings. The minimum Gasteiger partial charge on any atom is -0.493 e. The molecule has 2 aromatic carbocycles. The van der Waals surface area contributed by atoms with Gasteiger partial charge in [-0.25, -0.2) is 13.8 Å². The molecule has 41 heavy (non-hydrogen) atoms. The summed E-state index contributed by atoms with van der Waals surface area (Å²) in [6.45, 7) is -3.27. The molecule has 1 amide bonds. The first-order chi connectivity index (χ1) is 19.4. The number of methoxy groups -OCH3 is 1. The minimum atomic E-state index is -4.98. The highest BCUT2D eigenvalue weighted by Crippen LogP contribution is 2.49. The van der Waals surface area contributed by atoms with Crippen LogP contribution in [-0.2, 0) is 11.1 Å². The number of nitrogens with two attached hydrogens (primary N) is 1. The molecular weight excluding hydrogens is 553 g/mol. The van der Waals surface area contributed by atoms with Crippen molar-refractivity contribution in [3.05, 3.63) is 71.2 Å². The van der Waals surface area contributed by atoms with Gasteiger partial charge in [-0.05, 0) is 61.4 Å². The number of aliphatic hydroxyl groups is 1. The highest BCUT2D eigenvalue weighted by atomic mass is 19.4.